The van der Waals surface area contributed by atoms with Crippen LogP contribution in [0, 0.1) is 5.41 Å². The quantitative estimate of drug-likeness (QED) is 0.857. The van der Waals surface area contributed by atoms with Gasteiger partial charge in [-0.05, 0) is 18.1 Å². The van der Waals surface area contributed by atoms with Crippen LogP contribution in [0.3, 0.4) is 0 Å². The zero-order valence-corrected chi connectivity index (χ0v) is 10.4. The van der Waals surface area contributed by atoms with Gasteiger partial charge < -0.3 is 10.1 Å². The summed E-state index contributed by atoms with van der Waals surface area (Å²) in [6.07, 6.45) is 0.958. The molecule has 88 valence electrons. The second kappa shape index (κ2) is 5.17. The van der Waals surface area contributed by atoms with Crippen LogP contribution in [0.5, 0.6) is 0 Å². The first-order valence-electron chi connectivity index (χ1n) is 5.72. The minimum Gasteiger partial charge on any atom is -0.380 e. The molecular weight excluding hydrogens is 222 g/mol. The Morgan fingerprint density at radius 1 is 1.44 bits per heavy atom. The molecular formula is C13H18ClNO. The third-order valence-electron chi connectivity index (χ3n) is 3.00. The summed E-state index contributed by atoms with van der Waals surface area (Å²) in [6, 6.07) is 8.05. The van der Waals surface area contributed by atoms with E-state index < -0.39 is 0 Å². The second-order valence-corrected chi connectivity index (χ2v) is 5.22. The van der Waals surface area contributed by atoms with Crippen molar-refractivity contribution in [2.45, 2.75) is 13.3 Å². The van der Waals surface area contributed by atoms with Crippen LogP contribution in [0.4, 0.5) is 0 Å². The highest BCUT2D eigenvalue weighted by atomic mass is 35.5. The van der Waals surface area contributed by atoms with Crippen LogP contribution in [0.2, 0.25) is 5.02 Å². The molecule has 1 aromatic carbocycles. The lowest BCUT2D eigenvalue weighted by Crippen LogP contribution is -2.34. The Bertz CT molecular complexity index is 346. The summed E-state index contributed by atoms with van der Waals surface area (Å²) in [5.41, 5.74) is 1.35. The molecule has 1 fully saturated rings. The number of nitrogens with one attached hydrogen (secondary N) is 1. The fraction of sp³-hybridized carbons (Fsp3) is 0.538. The second-order valence-electron chi connectivity index (χ2n) is 4.81. The maximum absolute atomic E-state index is 6.19. The van der Waals surface area contributed by atoms with Crippen molar-refractivity contribution >= 4 is 11.6 Å². The molecule has 0 bridgehead atoms. The molecule has 3 heteroatoms. The van der Waals surface area contributed by atoms with Crippen molar-refractivity contribution in [3.63, 3.8) is 0 Å². The molecule has 2 nitrogen and oxygen atoms in total. The highest BCUT2D eigenvalue weighted by Gasteiger charge is 2.27. The van der Waals surface area contributed by atoms with Gasteiger partial charge in [-0.15, -0.1) is 0 Å². The van der Waals surface area contributed by atoms with Crippen LogP contribution >= 0.6 is 11.6 Å². The molecule has 0 amide bonds. The van der Waals surface area contributed by atoms with Crippen molar-refractivity contribution in [3.8, 4) is 0 Å². The Morgan fingerprint density at radius 2 is 2.25 bits per heavy atom. The van der Waals surface area contributed by atoms with Crippen LogP contribution in [0.1, 0.15) is 12.5 Å². The molecule has 1 N–H and O–H groups in total. The Labute approximate surface area is 102 Å². The van der Waals surface area contributed by atoms with Gasteiger partial charge in [-0.3, -0.25) is 0 Å². The van der Waals surface area contributed by atoms with E-state index in [0.717, 1.165) is 37.7 Å². The first-order chi connectivity index (χ1) is 7.70. The number of ether oxygens (including phenoxy) is 1. The molecule has 0 spiro atoms. The summed E-state index contributed by atoms with van der Waals surface area (Å²) in [6.45, 7) is 5.77. The van der Waals surface area contributed by atoms with Gasteiger partial charge in [0.15, 0.2) is 0 Å². The lowest BCUT2D eigenvalue weighted by atomic mass is 9.84. The standard InChI is InChI=1S/C13H18ClNO/c1-13(9-15-6-7-16-10-13)8-11-4-2-3-5-12(11)14/h2-5,15H,6-10H2,1H3. The number of benzene rings is 1. The van der Waals surface area contributed by atoms with E-state index in [1.165, 1.54) is 5.56 Å². The van der Waals surface area contributed by atoms with E-state index in [2.05, 4.69) is 18.3 Å². The lowest BCUT2D eigenvalue weighted by molar-refractivity contribution is 0.0796. The molecule has 1 heterocycles. The molecule has 1 saturated heterocycles. The molecule has 1 aromatic rings. The molecule has 0 aliphatic carbocycles. The third kappa shape index (κ3) is 2.97. The van der Waals surface area contributed by atoms with Gasteiger partial charge in [-0.25, -0.2) is 0 Å². The summed E-state index contributed by atoms with van der Waals surface area (Å²) in [5.74, 6) is 0. The zero-order chi connectivity index (χ0) is 11.4. The Morgan fingerprint density at radius 3 is 3.06 bits per heavy atom. The maximum Gasteiger partial charge on any atom is 0.0591 e. The van der Waals surface area contributed by atoms with Gasteiger partial charge in [-0.2, -0.15) is 0 Å². The van der Waals surface area contributed by atoms with Gasteiger partial charge in [0.1, 0.15) is 0 Å². The van der Waals surface area contributed by atoms with Gasteiger partial charge in [-0.1, -0.05) is 36.7 Å². The molecule has 0 radical (unpaired) electrons. The van der Waals surface area contributed by atoms with Crippen LogP contribution in [-0.4, -0.2) is 26.3 Å². The summed E-state index contributed by atoms with van der Waals surface area (Å²) < 4.78 is 5.62. The van der Waals surface area contributed by atoms with Gasteiger partial charge in [0.05, 0.1) is 13.2 Å². The fourth-order valence-electron chi connectivity index (χ4n) is 2.12. The van der Waals surface area contributed by atoms with E-state index in [4.69, 9.17) is 16.3 Å². The highest BCUT2D eigenvalue weighted by Crippen LogP contribution is 2.27. The monoisotopic (exact) mass is 239 g/mol. The van der Waals surface area contributed by atoms with E-state index in [1.807, 2.05) is 18.2 Å². The van der Waals surface area contributed by atoms with Gasteiger partial charge in [0, 0.05) is 23.5 Å². The van der Waals surface area contributed by atoms with Crippen LogP contribution < -0.4 is 5.32 Å². The first kappa shape index (κ1) is 11.9. The van der Waals surface area contributed by atoms with Crippen molar-refractivity contribution in [2.24, 2.45) is 5.41 Å². The summed E-state index contributed by atoms with van der Waals surface area (Å²) >= 11 is 6.19. The van der Waals surface area contributed by atoms with Crippen molar-refractivity contribution in [1.29, 1.82) is 0 Å². The molecule has 1 atom stereocenters. The third-order valence-corrected chi connectivity index (χ3v) is 3.37. The average Bonchev–Trinajstić information content (AvgIpc) is 2.47. The lowest BCUT2D eigenvalue weighted by Gasteiger charge is -2.27. The van der Waals surface area contributed by atoms with Crippen molar-refractivity contribution in [2.75, 3.05) is 26.3 Å². The van der Waals surface area contributed by atoms with E-state index in [9.17, 15) is 0 Å². The van der Waals surface area contributed by atoms with Crippen molar-refractivity contribution < 1.29 is 4.74 Å². The molecule has 1 aliphatic rings. The Hall–Kier alpha value is -0.570. The predicted molar refractivity (Wildman–Crippen MR) is 67.0 cm³/mol. The molecule has 16 heavy (non-hydrogen) atoms. The smallest absolute Gasteiger partial charge is 0.0591 e. The molecule has 2 rings (SSSR count). The van der Waals surface area contributed by atoms with Crippen LogP contribution in [-0.2, 0) is 11.2 Å². The predicted octanol–water partition coefficient (Wildman–Crippen LogP) is 2.51. The SMILES string of the molecule is CC1(Cc2ccccc2Cl)CNCCOC1. The van der Waals surface area contributed by atoms with E-state index >= 15 is 0 Å². The number of rotatable bonds is 2. The molecule has 0 saturated carbocycles. The fourth-order valence-corrected chi connectivity index (χ4v) is 2.32. The highest BCUT2D eigenvalue weighted by molar-refractivity contribution is 6.31. The Balaban J connectivity index is 2.10. The maximum atomic E-state index is 6.19. The minimum absolute atomic E-state index is 0.140. The van der Waals surface area contributed by atoms with Crippen LogP contribution in [0.25, 0.3) is 0 Å². The van der Waals surface area contributed by atoms with Gasteiger partial charge in [0.2, 0.25) is 0 Å². The van der Waals surface area contributed by atoms with E-state index in [-0.39, 0.29) is 5.41 Å². The van der Waals surface area contributed by atoms with Gasteiger partial charge in [0.25, 0.3) is 0 Å². The van der Waals surface area contributed by atoms with E-state index in [0.29, 0.717) is 0 Å². The molecule has 0 aromatic heterocycles. The topological polar surface area (TPSA) is 21.3 Å². The summed E-state index contributed by atoms with van der Waals surface area (Å²) in [4.78, 5) is 0. The Kier molecular flexibility index (Phi) is 3.85. The number of hydrogen-bond donors (Lipinski definition) is 1. The average molecular weight is 240 g/mol. The molecule has 1 unspecified atom stereocenters. The van der Waals surface area contributed by atoms with Crippen molar-refractivity contribution in [1.82, 2.24) is 5.32 Å². The largest absolute Gasteiger partial charge is 0.380 e. The van der Waals surface area contributed by atoms with Crippen LogP contribution in [0.15, 0.2) is 24.3 Å². The number of halogens is 1. The van der Waals surface area contributed by atoms with Gasteiger partial charge >= 0.3 is 0 Å². The molecule has 1 aliphatic heterocycles. The summed E-state index contributed by atoms with van der Waals surface area (Å²) in [7, 11) is 0. The van der Waals surface area contributed by atoms with Crippen molar-refractivity contribution in [3.05, 3.63) is 34.9 Å². The zero-order valence-electron chi connectivity index (χ0n) is 9.63. The minimum atomic E-state index is 0.140. The number of hydrogen-bond acceptors (Lipinski definition) is 2. The summed E-state index contributed by atoms with van der Waals surface area (Å²) in [5, 5.41) is 4.26. The normalized spacial score (nSPS) is 26.4. The first-order valence-corrected chi connectivity index (χ1v) is 6.09. The van der Waals surface area contributed by atoms with E-state index in [1.54, 1.807) is 0 Å².